The maximum absolute atomic E-state index is 11.9. The molecule has 1 aromatic heterocycles. The van der Waals surface area contributed by atoms with Crippen molar-refractivity contribution in [2.45, 2.75) is 12.8 Å². The molecule has 0 saturated carbocycles. The Balaban J connectivity index is 1.85. The second-order valence-corrected chi connectivity index (χ2v) is 5.60. The van der Waals surface area contributed by atoms with Crippen molar-refractivity contribution in [3.8, 4) is 0 Å². The fraction of sp³-hybridized carbons (Fsp3) is 0.462. The fourth-order valence-corrected chi connectivity index (χ4v) is 2.61. The average molecular weight is 342 g/mol. The predicted octanol–water partition coefficient (Wildman–Crippen LogP) is 1.96. The molecule has 1 atom stereocenters. The lowest BCUT2D eigenvalue weighted by atomic mass is 9.98. The highest BCUT2D eigenvalue weighted by atomic mass is 79.9. The summed E-state index contributed by atoms with van der Waals surface area (Å²) in [7, 11) is 0. The number of nitrogens with zero attached hydrogens (tertiary/aromatic N) is 2. The Bertz CT molecular complexity index is 509. The molecule has 2 N–H and O–H groups in total. The molecular weight excluding hydrogens is 326 g/mol. The van der Waals surface area contributed by atoms with Gasteiger partial charge in [0.1, 0.15) is 10.3 Å². The quantitative estimate of drug-likeness (QED) is 0.823. The van der Waals surface area contributed by atoms with Crippen LogP contribution in [0, 0.1) is 5.92 Å². The lowest BCUT2D eigenvalue weighted by Gasteiger charge is -2.30. The molecule has 0 spiro atoms. The lowest BCUT2D eigenvalue weighted by molar-refractivity contribution is 0.0923. The molecule has 0 aromatic carbocycles. The number of carboxylic acid groups (broad SMARTS) is 1. The summed E-state index contributed by atoms with van der Waals surface area (Å²) in [5.41, 5.74) is 0.352. The van der Waals surface area contributed by atoms with Crippen molar-refractivity contribution in [1.29, 1.82) is 0 Å². The number of halogens is 1. The Labute approximate surface area is 125 Å². The maximum atomic E-state index is 11.9. The summed E-state index contributed by atoms with van der Waals surface area (Å²) in [4.78, 5) is 28.3. The van der Waals surface area contributed by atoms with E-state index in [9.17, 15) is 9.59 Å². The van der Waals surface area contributed by atoms with Crippen molar-refractivity contribution in [2.75, 3.05) is 19.6 Å². The van der Waals surface area contributed by atoms with Crippen molar-refractivity contribution in [3.63, 3.8) is 0 Å². The summed E-state index contributed by atoms with van der Waals surface area (Å²) in [5, 5.41) is 11.8. The summed E-state index contributed by atoms with van der Waals surface area (Å²) in [6, 6.07) is 5.14. The van der Waals surface area contributed by atoms with Gasteiger partial charge in [0.25, 0.3) is 5.91 Å². The number of carbonyl (C=O) groups is 2. The van der Waals surface area contributed by atoms with Gasteiger partial charge in [0.05, 0.1) is 0 Å². The zero-order valence-electron chi connectivity index (χ0n) is 10.9. The number of nitrogens with one attached hydrogen (secondary N) is 1. The van der Waals surface area contributed by atoms with Gasteiger partial charge in [0.2, 0.25) is 0 Å². The Kier molecular flexibility index (Phi) is 4.94. The van der Waals surface area contributed by atoms with Crippen molar-refractivity contribution in [1.82, 2.24) is 15.2 Å². The number of likely N-dealkylation sites (tertiary alicyclic amines) is 1. The standard InChI is InChI=1S/C13H16BrN3O3/c14-11-5-1-4-10(16-11)12(18)15-7-9-3-2-6-17(8-9)13(19)20/h1,4-5,9H,2-3,6-8H2,(H,15,18)(H,19,20)/t9-/m0/s1. The van der Waals surface area contributed by atoms with Crippen molar-refractivity contribution in [2.24, 2.45) is 5.92 Å². The SMILES string of the molecule is O=C(NC[C@@H]1CCCN(C(=O)O)C1)c1cccc(Br)n1. The van der Waals surface area contributed by atoms with Gasteiger partial charge in [-0.1, -0.05) is 6.07 Å². The molecule has 1 aliphatic heterocycles. The molecule has 7 heteroatoms. The monoisotopic (exact) mass is 341 g/mol. The Morgan fingerprint density at radius 3 is 3.00 bits per heavy atom. The van der Waals surface area contributed by atoms with Crippen LogP contribution >= 0.6 is 15.9 Å². The number of carbonyl (C=O) groups excluding carboxylic acids is 1. The van der Waals surface area contributed by atoms with Crippen LogP contribution in [-0.4, -0.2) is 46.6 Å². The van der Waals surface area contributed by atoms with E-state index in [0.717, 1.165) is 12.8 Å². The van der Waals surface area contributed by atoms with Gasteiger partial charge in [0, 0.05) is 19.6 Å². The molecule has 2 heterocycles. The normalized spacial score (nSPS) is 18.6. The lowest BCUT2D eigenvalue weighted by Crippen LogP contribution is -2.43. The van der Waals surface area contributed by atoms with Crippen molar-refractivity contribution < 1.29 is 14.7 Å². The minimum atomic E-state index is -0.894. The van der Waals surface area contributed by atoms with Crippen LogP contribution < -0.4 is 5.32 Å². The molecule has 1 aromatic rings. The van der Waals surface area contributed by atoms with Gasteiger partial charge in [-0.2, -0.15) is 0 Å². The third-order valence-corrected chi connectivity index (χ3v) is 3.73. The van der Waals surface area contributed by atoms with Crippen LogP contribution in [0.5, 0.6) is 0 Å². The molecule has 1 saturated heterocycles. The summed E-state index contributed by atoms with van der Waals surface area (Å²) < 4.78 is 0.611. The van der Waals surface area contributed by atoms with E-state index in [4.69, 9.17) is 5.11 Å². The number of amides is 2. The van der Waals surface area contributed by atoms with Crippen LogP contribution in [0.4, 0.5) is 4.79 Å². The van der Waals surface area contributed by atoms with Crippen LogP contribution in [-0.2, 0) is 0 Å². The van der Waals surface area contributed by atoms with Gasteiger partial charge in [-0.15, -0.1) is 0 Å². The highest BCUT2D eigenvalue weighted by Gasteiger charge is 2.23. The van der Waals surface area contributed by atoms with E-state index in [2.05, 4.69) is 26.2 Å². The second-order valence-electron chi connectivity index (χ2n) is 4.79. The first kappa shape index (κ1) is 14.8. The third kappa shape index (κ3) is 3.93. The van der Waals surface area contributed by atoms with Crippen LogP contribution in [0.3, 0.4) is 0 Å². The molecule has 0 radical (unpaired) electrons. The van der Waals surface area contributed by atoms with E-state index in [1.54, 1.807) is 18.2 Å². The highest BCUT2D eigenvalue weighted by Crippen LogP contribution is 2.16. The van der Waals surface area contributed by atoms with E-state index >= 15 is 0 Å². The molecule has 20 heavy (non-hydrogen) atoms. The Morgan fingerprint density at radius 1 is 1.50 bits per heavy atom. The van der Waals surface area contributed by atoms with E-state index < -0.39 is 6.09 Å². The van der Waals surface area contributed by atoms with E-state index in [0.29, 0.717) is 29.9 Å². The minimum absolute atomic E-state index is 0.163. The van der Waals surface area contributed by atoms with Crippen LogP contribution in [0.25, 0.3) is 0 Å². The van der Waals surface area contributed by atoms with Gasteiger partial charge in [-0.05, 0) is 46.8 Å². The molecule has 108 valence electrons. The molecular formula is C13H16BrN3O3. The second kappa shape index (κ2) is 6.69. The first-order valence-electron chi connectivity index (χ1n) is 6.45. The van der Waals surface area contributed by atoms with E-state index in [1.165, 1.54) is 4.90 Å². The first-order valence-corrected chi connectivity index (χ1v) is 7.24. The number of hydrogen-bond acceptors (Lipinski definition) is 3. The molecule has 1 fully saturated rings. The van der Waals surface area contributed by atoms with Crippen LogP contribution in [0.1, 0.15) is 23.3 Å². The highest BCUT2D eigenvalue weighted by molar-refractivity contribution is 9.10. The smallest absolute Gasteiger partial charge is 0.407 e. The summed E-state index contributed by atoms with van der Waals surface area (Å²) in [6.07, 6.45) is 0.868. The third-order valence-electron chi connectivity index (χ3n) is 3.29. The van der Waals surface area contributed by atoms with Gasteiger partial charge in [-0.3, -0.25) is 4.79 Å². The van der Waals surface area contributed by atoms with Gasteiger partial charge >= 0.3 is 6.09 Å². The number of piperidine rings is 1. The Hall–Kier alpha value is -1.63. The van der Waals surface area contributed by atoms with Gasteiger partial charge in [-0.25, -0.2) is 9.78 Å². The predicted molar refractivity (Wildman–Crippen MR) is 76.6 cm³/mol. The summed E-state index contributed by atoms with van der Waals surface area (Å²) >= 11 is 3.22. The Morgan fingerprint density at radius 2 is 2.30 bits per heavy atom. The average Bonchev–Trinajstić information content (AvgIpc) is 2.45. The summed E-state index contributed by atoms with van der Waals surface area (Å²) in [5.74, 6) is -0.0744. The molecule has 2 rings (SSSR count). The zero-order valence-corrected chi connectivity index (χ0v) is 12.5. The zero-order chi connectivity index (χ0) is 14.5. The topological polar surface area (TPSA) is 82.5 Å². The molecule has 0 unspecified atom stereocenters. The molecule has 2 amide bonds. The van der Waals surface area contributed by atoms with Crippen LogP contribution in [0.2, 0.25) is 0 Å². The molecule has 1 aliphatic rings. The van der Waals surface area contributed by atoms with Gasteiger partial charge < -0.3 is 15.3 Å². The summed E-state index contributed by atoms with van der Waals surface area (Å²) in [6.45, 7) is 1.52. The molecule has 6 nitrogen and oxygen atoms in total. The van der Waals surface area contributed by atoms with Crippen LogP contribution in [0.15, 0.2) is 22.8 Å². The molecule has 0 aliphatic carbocycles. The molecule has 0 bridgehead atoms. The first-order chi connectivity index (χ1) is 9.56. The van der Waals surface area contributed by atoms with Gasteiger partial charge in [0.15, 0.2) is 0 Å². The largest absolute Gasteiger partial charge is 0.465 e. The van der Waals surface area contributed by atoms with E-state index in [-0.39, 0.29) is 11.8 Å². The minimum Gasteiger partial charge on any atom is -0.465 e. The van der Waals surface area contributed by atoms with E-state index in [1.807, 2.05) is 0 Å². The fourth-order valence-electron chi connectivity index (χ4n) is 2.27. The number of pyridine rings is 1. The van der Waals surface area contributed by atoms with Crippen molar-refractivity contribution in [3.05, 3.63) is 28.5 Å². The van der Waals surface area contributed by atoms with Crippen molar-refractivity contribution >= 4 is 27.9 Å². The number of aromatic nitrogens is 1. The number of hydrogen-bond donors (Lipinski definition) is 2. The maximum Gasteiger partial charge on any atom is 0.407 e. The number of rotatable bonds is 3.